The third-order valence-corrected chi connectivity index (χ3v) is 4.77. The van der Waals surface area contributed by atoms with Crippen molar-refractivity contribution in [3.63, 3.8) is 0 Å². The highest BCUT2D eigenvalue weighted by Gasteiger charge is 2.30. The van der Waals surface area contributed by atoms with Crippen molar-refractivity contribution < 1.29 is 4.42 Å². The van der Waals surface area contributed by atoms with E-state index in [4.69, 9.17) is 4.42 Å². The normalized spacial score (nSPS) is 20.6. The van der Waals surface area contributed by atoms with Crippen LogP contribution in [0.15, 0.2) is 34.3 Å². The summed E-state index contributed by atoms with van der Waals surface area (Å²) in [5.41, 5.74) is 1.54. The SMILES string of the molecule is CCNC(c1ccco1)C1CCCc2sccc21. The van der Waals surface area contributed by atoms with Gasteiger partial charge in [-0.2, -0.15) is 0 Å². The van der Waals surface area contributed by atoms with Crippen LogP contribution in [0, 0.1) is 0 Å². The van der Waals surface area contributed by atoms with Gasteiger partial charge in [0, 0.05) is 10.8 Å². The smallest absolute Gasteiger partial charge is 0.121 e. The molecule has 0 saturated heterocycles. The van der Waals surface area contributed by atoms with E-state index in [1.165, 1.54) is 24.8 Å². The van der Waals surface area contributed by atoms with Crippen LogP contribution in [0.5, 0.6) is 0 Å². The van der Waals surface area contributed by atoms with Crippen molar-refractivity contribution in [2.75, 3.05) is 6.54 Å². The first kappa shape index (κ1) is 12.0. The lowest BCUT2D eigenvalue weighted by Crippen LogP contribution is -2.28. The molecule has 0 fully saturated rings. The van der Waals surface area contributed by atoms with Gasteiger partial charge in [-0.15, -0.1) is 11.3 Å². The Bertz CT molecular complexity index is 488. The highest BCUT2D eigenvalue weighted by molar-refractivity contribution is 7.10. The maximum Gasteiger partial charge on any atom is 0.121 e. The topological polar surface area (TPSA) is 25.2 Å². The molecule has 96 valence electrons. The van der Waals surface area contributed by atoms with E-state index >= 15 is 0 Å². The Kier molecular flexibility index (Phi) is 3.52. The van der Waals surface area contributed by atoms with Crippen LogP contribution in [0.25, 0.3) is 0 Å². The van der Waals surface area contributed by atoms with Crippen LogP contribution in [-0.2, 0) is 6.42 Å². The molecule has 2 atom stereocenters. The molecule has 3 heteroatoms. The molecule has 2 aromatic rings. The number of thiophene rings is 1. The lowest BCUT2D eigenvalue weighted by molar-refractivity contribution is 0.347. The number of likely N-dealkylation sites (N-methyl/N-ethyl adjacent to an activating group) is 1. The molecule has 1 N–H and O–H groups in total. The van der Waals surface area contributed by atoms with Gasteiger partial charge in [0.05, 0.1) is 12.3 Å². The van der Waals surface area contributed by atoms with Crippen LogP contribution in [0.1, 0.15) is 47.9 Å². The summed E-state index contributed by atoms with van der Waals surface area (Å²) in [6.45, 7) is 3.13. The van der Waals surface area contributed by atoms with Gasteiger partial charge >= 0.3 is 0 Å². The van der Waals surface area contributed by atoms with Crippen molar-refractivity contribution in [1.29, 1.82) is 0 Å². The van der Waals surface area contributed by atoms with E-state index in [-0.39, 0.29) is 0 Å². The van der Waals surface area contributed by atoms with Crippen LogP contribution in [-0.4, -0.2) is 6.54 Å². The second-order valence-electron chi connectivity index (χ2n) is 4.85. The Balaban J connectivity index is 1.93. The van der Waals surface area contributed by atoms with Crippen LogP contribution in [0.4, 0.5) is 0 Å². The van der Waals surface area contributed by atoms with Gasteiger partial charge < -0.3 is 9.73 Å². The molecule has 0 bridgehead atoms. The summed E-state index contributed by atoms with van der Waals surface area (Å²) in [6, 6.07) is 6.70. The fourth-order valence-corrected chi connectivity index (χ4v) is 3.99. The lowest BCUT2D eigenvalue weighted by Gasteiger charge is -2.30. The highest BCUT2D eigenvalue weighted by Crippen LogP contribution is 2.42. The van der Waals surface area contributed by atoms with Crippen molar-refractivity contribution in [2.45, 2.75) is 38.1 Å². The lowest BCUT2D eigenvalue weighted by atomic mass is 9.81. The van der Waals surface area contributed by atoms with Crippen LogP contribution in [0.2, 0.25) is 0 Å². The van der Waals surface area contributed by atoms with E-state index in [0.717, 1.165) is 12.3 Å². The third-order valence-electron chi connectivity index (χ3n) is 3.77. The first-order valence-electron chi connectivity index (χ1n) is 6.73. The molecule has 2 heterocycles. The van der Waals surface area contributed by atoms with E-state index < -0.39 is 0 Å². The summed E-state index contributed by atoms with van der Waals surface area (Å²) in [5, 5.41) is 5.83. The van der Waals surface area contributed by atoms with Gasteiger partial charge in [-0.1, -0.05) is 6.92 Å². The van der Waals surface area contributed by atoms with Gasteiger partial charge in [0.1, 0.15) is 5.76 Å². The molecule has 0 aromatic carbocycles. The zero-order chi connectivity index (χ0) is 12.4. The quantitative estimate of drug-likeness (QED) is 0.896. The molecule has 0 amide bonds. The van der Waals surface area contributed by atoms with E-state index in [1.54, 1.807) is 11.1 Å². The number of hydrogen-bond acceptors (Lipinski definition) is 3. The monoisotopic (exact) mass is 261 g/mol. The van der Waals surface area contributed by atoms with Crippen molar-refractivity contribution in [2.24, 2.45) is 0 Å². The minimum Gasteiger partial charge on any atom is -0.468 e. The molecule has 18 heavy (non-hydrogen) atoms. The van der Waals surface area contributed by atoms with E-state index in [1.807, 2.05) is 17.4 Å². The molecular formula is C15H19NOS. The average Bonchev–Trinajstić information content (AvgIpc) is 3.06. The standard InChI is InChI=1S/C15H19NOS/c1-2-16-15(13-6-4-9-17-13)12-5-3-7-14-11(12)8-10-18-14/h4,6,8-10,12,15-16H,2-3,5,7H2,1H3. The number of hydrogen-bond donors (Lipinski definition) is 1. The first-order chi connectivity index (χ1) is 8.90. The Morgan fingerprint density at radius 3 is 3.22 bits per heavy atom. The van der Waals surface area contributed by atoms with Crippen molar-refractivity contribution in [3.8, 4) is 0 Å². The zero-order valence-electron chi connectivity index (χ0n) is 10.7. The first-order valence-corrected chi connectivity index (χ1v) is 7.61. The van der Waals surface area contributed by atoms with Gasteiger partial charge in [0.2, 0.25) is 0 Å². The van der Waals surface area contributed by atoms with Crippen molar-refractivity contribution in [1.82, 2.24) is 5.32 Å². The average molecular weight is 261 g/mol. The summed E-state index contributed by atoms with van der Waals surface area (Å²) in [5.74, 6) is 1.63. The minimum atomic E-state index is 0.318. The number of aryl methyl sites for hydroxylation is 1. The molecule has 0 spiro atoms. The largest absolute Gasteiger partial charge is 0.468 e. The van der Waals surface area contributed by atoms with Gasteiger partial charge in [-0.3, -0.25) is 0 Å². The Labute approximate surface area is 112 Å². The number of rotatable bonds is 4. The van der Waals surface area contributed by atoms with Crippen LogP contribution < -0.4 is 5.32 Å². The maximum absolute atomic E-state index is 5.63. The fourth-order valence-electron chi connectivity index (χ4n) is 3.00. The number of fused-ring (bicyclic) bond motifs is 1. The summed E-state index contributed by atoms with van der Waals surface area (Å²) in [4.78, 5) is 1.57. The molecule has 0 aliphatic heterocycles. The van der Waals surface area contributed by atoms with Gasteiger partial charge in [0.15, 0.2) is 0 Å². The Morgan fingerprint density at radius 1 is 1.50 bits per heavy atom. The van der Waals surface area contributed by atoms with Crippen molar-refractivity contribution in [3.05, 3.63) is 46.0 Å². The zero-order valence-corrected chi connectivity index (χ0v) is 11.5. The van der Waals surface area contributed by atoms with E-state index in [9.17, 15) is 0 Å². The van der Waals surface area contributed by atoms with Crippen LogP contribution >= 0.6 is 11.3 Å². The van der Waals surface area contributed by atoms with Gasteiger partial charge in [0.25, 0.3) is 0 Å². The number of nitrogens with one attached hydrogen (secondary N) is 1. The molecule has 2 unspecified atom stereocenters. The molecule has 2 aromatic heterocycles. The molecule has 0 radical (unpaired) electrons. The van der Waals surface area contributed by atoms with Gasteiger partial charge in [-0.05, 0) is 54.9 Å². The predicted molar refractivity (Wildman–Crippen MR) is 75.1 cm³/mol. The Morgan fingerprint density at radius 2 is 2.44 bits per heavy atom. The van der Waals surface area contributed by atoms with Crippen LogP contribution in [0.3, 0.4) is 0 Å². The Hall–Kier alpha value is -1.06. The molecular weight excluding hydrogens is 242 g/mol. The number of furan rings is 1. The molecule has 1 aliphatic rings. The van der Waals surface area contributed by atoms with E-state index in [0.29, 0.717) is 12.0 Å². The summed E-state index contributed by atoms with van der Waals surface area (Å²) >= 11 is 1.90. The molecule has 2 nitrogen and oxygen atoms in total. The summed E-state index contributed by atoms with van der Waals surface area (Å²) in [7, 11) is 0. The predicted octanol–water partition coefficient (Wildman–Crippen LogP) is 4.11. The minimum absolute atomic E-state index is 0.318. The third kappa shape index (κ3) is 2.13. The van der Waals surface area contributed by atoms with Gasteiger partial charge in [-0.25, -0.2) is 0 Å². The second-order valence-corrected chi connectivity index (χ2v) is 5.85. The second kappa shape index (κ2) is 5.29. The van der Waals surface area contributed by atoms with E-state index in [2.05, 4.69) is 29.8 Å². The molecule has 1 aliphatic carbocycles. The molecule has 3 rings (SSSR count). The fraction of sp³-hybridized carbons (Fsp3) is 0.467. The summed E-state index contributed by atoms with van der Waals surface area (Å²) < 4.78 is 5.63. The summed E-state index contributed by atoms with van der Waals surface area (Å²) in [6.07, 6.45) is 5.57. The highest BCUT2D eigenvalue weighted by atomic mass is 32.1. The molecule has 0 saturated carbocycles. The van der Waals surface area contributed by atoms with Crippen molar-refractivity contribution >= 4 is 11.3 Å². The maximum atomic E-state index is 5.63.